The highest BCUT2D eigenvalue weighted by molar-refractivity contribution is 5.93. The second-order valence-electron chi connectivity index (χ2n) is 10.4. The van der Waals surface area contributed by atoms with Gasteiger partial charge in [0.2, 0.25) is 5.95 Å². The van der Waals surface area contributed by atoms with Gasteiger partial charge in [0.1, 0.15) is 11.3 Å². The molecule has 0 unspecified atom stereocenters. The van der Waals surface area contributed by atoms with Gasteiger partial charge >= 0.3 is 5.97 Å². The lowest BCUT2D eigenvalue weighted by molar-refractivity contribution is 0.0601. The van der Waals surface area contributed by atoms with Gasteiger partial charge in [-0.25, -0.2) is 9.78 Å². The van der Waals surface area contributed by atoms with E-state index in [0.717, 1.165) is 35.7 Å². The molecule has 2 fully saturated rings. The molecule has 208 valence electrons. The highest BCUT2D eigenvalue weighted by Gasteiger charge is 2.27. The van der Waals surface area contributed by atoms with Crippen LogP contribution in [0.2, 0.25) is 0 Å². The summed E-state index contributed by atoms with van der Waals surface area (Å²) < 4.78 is 12.8. The fourth-order valence-electron chi connectivity index (χ4n) is 5.99. The zero-order valence-corrected chi connectivity index (χ0v) is 23.0. The van der Waals surface area contributed by atoms with Crippen molar-refractivity contribution >= 4 is 40.1 Å². The molecule has 4 heterocycles. The highest BCUT2D eigenvalue weighted by Crippen LogP contribution is 2.35. The molecule has 40 heavy (non-hydrogen) atoms. The van der Waals surface area contributed by atoms with Crippen LogP contribution in [0.15, 0.2) is 54.7 Å². The van der Waals surface area contributed by atoms with E-state index in [1.54, 1.807) is 25.3 Å². The predicted molar refractivity (Wildman–Crippen MR) is 157 cm³/mol. The second-order valence-corrected chi connectivity index (χ2v) is 10.4. The number of nitrogen functional groups attached to an aromatic ring is 1. The molecule has 2 aliphatic heterocycles. The Morgan fingerprint density at radius 3 is 2.55 bits per heavy atom. The van der Waals surface area contributed by atoms with E-state index in [0.29, 0.717) is 28.6 Å². The van der Waals surface area contributed by atoms with E-state index in [-0.39, 0.29) is 5.95 Å². The van der Waals surface area contributed by atoms with Crippen molar-refractivity contribution in [2.75, 3.05) is 56.3 Å². The number of fused-ring (bicyclic) bond motifs is 1. The first-order valence-corrected chi connectivity index (χ1v) is 13.8. The molecule has 10 nitrogen and oxygen atoms in total. The number of carbonyl (C=O) groups excluding carboxylic acids is 1. The van der Waals surface area contributed by atoms with Crippen LogP contribution in [0.5, 0.6) is 5.75 Å². The van der Waals surface area contributed by atoms with Crippen molar-refractivity contribution in [3.63, 3.8) is 0 Å². The molecule has 2 aliphatic rings. The van der Waals surface area contributed by atoms with Crippen LogP contribution in [0, 0.1) is 0 Å². The van der Waals surface area contributed by atoms with Crippen molar-refractivity contribution in [3.05, 3.63) is 60.3 Å². The van der Waals surface area contributed by atoms with Gasteiger partial charge in [0.15, 0.2) is 5.82 Å². The number of esters is 1. The number of nitrogens with zero attached hydrogens (tertiary/aromatic N) is 5. The molecule has 0 radical (unpaired) electrons. The SMILES string of the molecule is COC(=O)c1cccc(Nc2nc(N)nc3ccn(-c4ccc(N5CCC(N6CCCC6)CC5)cc4OC)c23)c1. The summed E-state index contributed by atoms with van der Waals surface area (Å²) in [6, 6.07) is 16.0. The average molecular weight is 542 g/mol. The van der Waals surface area contributed by atoms with Crippen LogP contribution in [0.4, 0.5) is 23.1 Å². The summed E-state index contributed by atoms with van der Waals surface area (Å²) in [7, 11) is 3.05. The van der Waals surface area contributed by atoms with Crippen molar-refractivity contribution in [2.45, 2.75) is 31.7 Å². The number of carbonyl (C=O) groups is 1. The van der Waals surface area contributed by atoms with Crippen molar-refractivity contribution in [1.82, 2.24) is 19.4 Å². The Hall–Kier alpha value is -4.31. The van der Waals surface area contributed by atoms with Crippen molar-refractivity contribution < 1.29 is 14.3 Å². The fraction of sp³-hybridized carbons (Fsp3) is 0.367. The molecule has 0 saturated carbocycles. The van der Waals surface area contributed by atoms with Crippen molar-refractivity contribution in [1.29, 1.82) is 0 Å². The van der Waals surface area contributed by atoms with E-state index in [2.05, 4.69) is 43.3 Å². The fourth-order valence-corrected chi connectivity index (χ4v) is 5.99. The molecule has 3 N–H and O–H groups in total. The summed E-state index contributed by atoms with van der Waals surface area (Å²) in [5.74, 6) is 1.01. The number of benzene rings is 2. The maximum absolute atomic E-state index is 12.1. The van der Waals surface area contributed by atoms with Gasteiger partial charge in [0.25, 0.3) is 0 Å². The van der Waals surface area contributed by atoms with Crippen LogP contribution >= 0.6 is 0 Å². The number of ether oxygens (including phenoxy) is 2. The molecule has 2 aromatic carbocycles. The Morgan fingerprint density at radius 1 is 1.00 bits per heavy atom. The van der Waals surface area contributed by atoms with Gasteiger partial charge in [0, 0.05) is 42.8 Å². The minimum Gasteiger partial charge on any atom is -0.494 e. The van der Waals surface area contributed by atoms with E-state index in [1.165, 1.54) is 45.9 Å². The summed E-state index contributed by atoms with van der Waals surface area (Å²) in [5.41, 5.74) is 10.6. The molecule has 2 aromatic heterocycles. The molecule has 6 rings (SSSR count). The normalized spacial score (nSPS) is 16.4. The van der Waals surface area contributed by atoms with Gasteiger partial charge in [-0.05, 0) is 75.2 Å². The van der Waals surface area contributed by atoms with Gasteiger partial charge in [-0.3, -0.25) is 0 Å². The second kappa shape index (κ2) is 11.1. The number of nitrogens with two attached hydrogens (primary N) is 1. The van der Waals surface area contributed by atoms with Crippen LogP contribution in [0.25, 0.3) is 16.7 Å². The maximum atomic E-state index is 12.1. The van der Waals surface area contributed by atoms with Gasteiger partial charge in [-0.15, -0.1) is 0 Å². The minimum absolute atomic E-state index is 0.150. The summed E-state index contributed by atoms with van der Waals surface area (Å²) >= 11 is 0. The number of hydrogen-bond acceptors (Lipinski definition) is 9. The average Bonchev–Trinajstić information content (AvgIpc) is 3.67. The quantitative estimate of drug-likeness (QED) is 0.324. The van der Waals surface area contributed by atoms with Gasteiger partial charge in [0.05, 0.1) is 31.0 Å². The lowest BCUT2D eigenvalue weighted by atomic mass is 10.0. The van der Waals surface area contributed by atoms with Crippen molar-refractivity contribution in [3.8, 4) is 11.4 Å². The predicted octanol–water partition coefficient (Wildman–Crippen LogP) is 4.61. The van der Waals surface area contributed by atoms with Crippen molar-refractivity contribution in [2.24, 2.45) is 0 Å². The third kappa shape index (κ3) is 5.02. The number of likely N-dealkylation sites (tertiary alicyclic amines) is 1. The van der Waals surface area contributed by atoms with E-state index in [4.69, 9.17) is 15.2 Å². The molecule has 0 bridgehead atoms. The van der Waals surface area contributed by atoms with Crippen LogP contribution in [0.3, 0.4) is 0 Å². The van der Waals surface area contributed by atoms with Gasteiger partial charge in [-0.2, -0.15) is 4.98 Å². The van der Waals surface area contributed by atoms with Gasteiger partial charge in [-0.1, -0.05) is 6.07 Å². The smallest absolute Gasteiger partial charge is 0.337 e. The minimum atomic E-state index is -0.413. The molecule has 2 saturated heterocycles. The highest BCUT2D eigenvalue weighted by atomic mass is 16.5. The number of methoxy groups -OCH3 is 2. The molecule has 0 amide bonds. The Balaban J connectivity index is 1.30. The first kappa shape index (κ1) is 25.9. The lowest BCUT2D eigenvalue weighted by Crippen LogP contribution is -2.43. The maximum Gasteiger partial charge on any atom is 0.337 e. The standard InChI is InChI=1S/C30H35N7O3/c1-39-26-19-23(36-15-10-22(11-16-36)35-13-3-4-14-35)8-9-25(26)37-17-12-24-27(37)28(34-30(31)33-24)32-21-7-5-6-20(18-21)29(38)40-2/h5-9,12,17-19,22H,3-4,10-11,13-16H2,1-2H3,(H3,31,32,33,34). The van der Waals surface area contributed by atoms with Crippen LogP contribution in [-0.2, 0) is 4.74 Å². The first-order valence-electron chi connectivity index (χ1n) is 13.8. The number of rotatable bonds is 7. The lowest BCUT2D eigenvalue weighted by Gasteiger charge is -2.38. The first-order chi connectivity index (χ1) is 19.5. The molecular weight excluding hydrogens is 506 g/mol. The zero-order chi connectivity index (χ0) is 27.6. The van der Waals surface area contributed by atoms with Crippen LogP contribution in [-0.4, -0.2) is 71.8 Å². The van der Waals surface area contributed by atoms with E-state index in [1.807, 2.05) is 22.9 Å². The largest absolute Gasteiger partial charge is 0.494 e. The van der Waals surface area contributed by atoms with E-state index < -0.39 is 5.97 Å². The molecule has 0 aliphatic carbocycles. The molecule has 0 spiro atoms. The number of nitrogens with one attached hydrogen (secondary N) is 1. The number of hydrogen-bond donors (Lipinski definition) is 2. The third-order valence-electron chi connectivity index (χ3n) is 8.01. The molecular formula is C30H35N7O3. The summed E-state index contributed by atoms with van der Waals surface area (Å²) in [4.78, 5) is 26.1. The molecule has 0 atom stereocenters. The van der Waals surface area contributed by atoms with Crippen LogP contribution in [0.1, 0.15) is 36.0 Å². The number of anilines is 4. The summed E-state index contributed by atoms with van der Waals surface area (Å²) in [6.45, 7) is 4.59. The molecule has 4 aromatic rings. The Kier molecular flexibility index (Phi) is 7.17. The van der Waals surface area contributed by atoms with Gasteiger partial charge < -0.3 is 34.9 Å². The van der Waals surface area contributed by atoms with Crippen LogP contribution < -0.4 is 20.7 Å². The number of piperidine rings is 1. The Labute approximate surface area is 233 Å². The topological polar surface area (TPSA) is 111 Å². The Bertz CT molecular complexity index is 1520. The number of aromatic nitrogens is 3. The molecule has 10 heteroatoms. The Morgan fingerprint density at radius 2 is 1.80 bits per heavy atom. The monoisotopic (exact) mass is 541 g/mol. The summed E-state index contributed by atoms with van der Waals surface area (Å²) in [5, 5.41) is 3.32. The third-order valence-corrected chi connectivity index (χ3v) is 8.01. The van der Waals surface area contributed by atoms with E-state index >= 15 is 0 Å². The van der Waals surface area contributed by atoms with E-state index in [9.17, 15) is 4.79 Å². The summed E-state index contributed by atoms with van der Waals surface area (Å²) in [6.07, 6.45) is 6.99. The zero-order valence-electron chi connectivity index (χ0n) is 23.0.